The summed E-state index contributed by atoms with van der Waals surface area (Å²) in [5, 5.41) is 3.84. The van der Waals surface area contributed by atoms with Gasteiger partial charge in [-0.1, -0.05) is 23.7 Å². The van der Waals surface area contributed by atoms with Crippen LogP contribution in [-0.4, -0.2) is 9.78 Å². The topological polar surface area (TPSA) is 47.0 Å². The van der Waals surface area contributed by atoms with E-state index in [1.807, 2.05) is 43.3 Å². The molecule has 2 aromatic carbocycles. The third kappa shape index (κ3) is 1.88. The van der Waals surface area contributed by atoms with Crippen molar-refractivity contribution in [2.45, 2.75) is 13.0 Å². The number of benzene rings is 2. The minimum absolute atomic E-state index is 0.0978. The molecule has 1 atom stereocenters. The van der Waals surface area contributed by atoms with Gasteiger partial charge in [-0.15, -0.1) is 0 Å². The Morgan fingerprint density at radius 1 is 1.14 bits per heavy atom. The lowest BCUT2D eigenvalue weighted by atomic mass is 10.0. The maximum absolute atomic E-state index is 12.7. The van der Waals surface area contributed by atoms with Crippen LogP contribution in [0.4, 0.5) is 0 Å². The Balaban J connectivity index is 1.96. The summed E-state index contributed by atoms with van der Waals surface area (Å²) in [6, 6.07) is 14.8. The van der Waals surface area contributed by atoms with Crippen LogP contribution in [-0.2, 0) is 0 Å². The summed E-state index contributed by atoms with van der Waals surface area (Å²) in [6.07, 6.45) is -0.290. The van der Waals surface area contributed by atoms with Crippen molar-refractivity contribution in [3.05, 3.63) is 69.5 Å². The number of ether oxygens (including phenoxy) is 1. The zero-order chi connectivity index (χ0) is 15.3. The van der Waals surface area contributed by atoms with Crippen molar-refractivity contribution in [2.75, 3.05) is 0 Å². The van der Waals surface area contributed by atoms with E-state index >= 15 is 0 Å². The molecule has 0 saturated carbocycles. The molecule has 0 radical (unpaired) electrons. The molecular formula is C17H13ClN2O2. The Morgan fingerprint density at radius 3 is 2.64 bits per heavy atom. The smallest absolute Gasteiger partial charge is 0.278 e. The number of halogens is 1. The monoisotopic (exact) mass is 312 g/mol. The van der Waals surface area contributed by atoms with Crippen LogP contribution in [0.2, 0.25) is 5.02 Å². The molecular weight excluding hydrogens is 300 g/mol. The highest BCUT2D eigenvalue weighted by atomic mass is 35.5. The second kappa shape index (κ2) is 4.78. The molecule has 2 heterocycles. The van der Waals surface area contributed by atoms with Crippen molar-refractivity contribution in [2.24, 2.45) is 0 Å². The lowest BCUT2D eigenvalue weighted by molar-refractivity contribution is 0.222. The van der Waals surface area contributed by atoms with Crippen LogP contribution < -0.4 is 10.3 Å². The number of rotatable bonds is 1. The second-order valence-electron chi connectivity index (χ2n) is 5.27. The minimum Gasteiger partial charge on any atom is -0.485 e. The summed E-state index contributed by atoms with van der Waals surface area (Å²) >= 11 is 5.91. The van der Waals surface area contributed by atoms with E-state index in [1.54, 1.807) is 12.1 Å². The first-order chi connectivity index (χ1) is 10.6. The normalized spacial score (nSPS) is 15.8. The van der Waals surface area contributed by atoms with Gasteiger partial charge in [0, 0.05) is 10.6 Å². The minimum atomic E-state index is -0.290. The maximum Gasteiger partial charge on any atom is 0.278 e. The molecule has 1 aromatic heterocycles. The van der Waals surface area contributed by atoms with Crippen molar-refractivity contribution in [3.63, 3.8) is 0 Å². The fraction of sp³-hybridized carbons (Fsp3) is 0.118. The summed E-state index contributed by atoms with van der Waals surface area (Å²) in [7, 11) is 0. The first-order valence-electron chi connectivity index (χ1n) is 7.02. The number of aromatic amines is 1. The molecule has 1 aliphatic heterocycles. The van der Waals surface area contributed by atoms with Crippen LogP contribution in [0.1, 0.15) is 18.6 Å². The zero-order valence-corrected chi connectivity index (χ0v) is 12.6. The van der Waals surface area contributed by atoms with Crippen LogP contribution >= 0.6 is 11.6 Å². The fourth-order valence-corrected chi connectivity index (χ4v) is 2.96. The van der Waals surface area contributed by atoms with E-state index in [-0.39, 0.29) is 11.7 Å². The number of hydrogen-bond acceptors (Lipinski definition) is 2. The van der Waals surface area contributed by atoms with E-state index in [2.05, 4.69) is 5.10 Å². The van der Waals surface area contributed by atoms with Gasteiger partial charge in [0.15, 0.2) is 0 Å². The van der Waals surface area contributed by atoms with Crippen LogP contribution in [0.5, 0.6) is 5.75 Å². The number of aromatic nitrogens is 2. The van der Waals surface area contributed by atoms with Gasteiger partial charge in [0.2, 0.25) is 0 Å². The van der Waals surface area contributed by atoms with E-state index in [4.69, 9.17) is 16.3 Å². The first-order valence-corrected chi connectivity index (χ1v) is 7.40. The van der Waals surface area contributed by atoms with Gasteiger partial charge in [-0.25, -0.2) is 4.68 Å². The molecule has 1 aliphatic rings. The van der Waals surface area contributed by atoms with E-state index in [0.717, 1.165) is 22.7 Å². The molecule has 4 rings (SSSR count). The highest BCUT2D eigenvalue weighted by Crippen LogP contribution is 2.39. The first kappa shape index (κ1) is 13.2. The number of nitrogens with zero attached hydrogens (tertiary/aromatic N) is 1. The SMILES string of the molecule is CC1Oc2ccccc2-c2[nH]n(-c3ccc(Cl)cc3)c(=O)c21. The maximum atomic E-state index is 12.7. The predicted octanol–water partition coefficient (Wildman–Crippen LogP) is 3.94. The molecule has 1 N–H and O–H groups in total. The van der Waals surface area contributed by atoms with E-state index in [1.165, 1.54) is 4.68 Å². The van der Waals surface area contributed by atoms with Crippen molar-refractivity contribution in [1.29, 1.82) is 0 Å². The van der Waals surface area contributed by atoms with Gasteiger partial charge in [0.1, 0.15) is 11.9 Å². The van der Waals surface area contributed by atoms with Gasteiger partial charge < -0.3 is 4.74 Å². The number of para-hydroxylation sites is 1. The quantitative estimate of drug-likeness (QED) is 0.740. The van der Waals surface area contributed by atoms with Crippen LogP contribution in [0, 0.1) is 0 Å². The molecule has 5 heteroatoms. The number of hydrogen-bond donors (Lipinski definition) is 1. The molecule has 0 spiro atoms. The van der Waals surface area contributed by atoms with Gasteiger partial charge in [-0.2, -0.15) is 0 Å². The summed E-state index contributed by atoms with van der Waals surface area (Å²) in [5.41, 5.74) is 3.01. The Bertz CT molecular complexity index is 909. The van der Waals surface area contributed by atoms with Gasteiger partial charge in [-0.3, -0.25) is 9.89 Å². The standard InChI is InChI=1S/C17H13ClN2O2/c1-10-15-16(13-4-2-3-5-14(13)22-10)19-20(17(15)21)12-8-6-11(18)7-9-12/h2-10,19H,1H3. The number of fused-ring (bicyclic) bond motifs is 3. The highest BCUT2D eigenvalue weighted by Gasteiger charge is 2.29. The molecule has 0 bridgehead atoms. The van der Waals surface area contributed by atoms with Crippen molar-refractivity contribution < 1.29 is 4.74 Å². The van der Waals surface area contributed by atoms with Crippen LogP contribution in [0.25, 0.3) is 16.9 Å². The Morgan fingerprint density at radius 2 is 1.86 bits per heavy atom. The zero-order valence-electron chi connectivity index (χ0n) is 11.8. The molecule has 110 valence electrons. The molecule has 0 amide bonds. The summed E-state index contributed by atoms with van der Waals surface area (Å²) in [5.74, 6) is 0.784. The van der Waals surface area contributed by atoms with E-state index < -0.39 is 0 Å². The average Bonchev–Trinajstić information content (AvgIpc) is 2.87. The Hall–Kier alpha value is -2.46. The summed E-state index contributed by atoms with van der Waals surface area (Å²) in [4.78, 5) is 12.7. The highest BCUT2D eigenvalue weighted by molar-refractivity contribution is 6.30. The third-order valence-corrected chi connectivity index (χ3v) is 4.13. The molecule has 22 heavy (non-hydrogen) atoms. The summed E-state index contributed by atoms with van der Waals surface area (Å²) in [6.45, 7) is 1.89. The van der Waals surface area contributed by atoms with Crippen molar-refractivity contribution in [1.82, 2.24) is 9.78 Å². The Labute approximate surface area is 131 Å². The van der Waals surface area contributed by atoms with Crippen molar-refractivity contribution >= 4 is 11.6 Å². The van der Waals surface area contributed by atoms with E-state index in [9.17, 15) is 4.79 Å². The molecule has 0 saturated heterocycles. The molecule has 4 nitrogen and oxygen atoms in total. The fourth-order valence-electron chi connectivity index (χ4n) is 2.83. The van der Waals surface area contributed by atoms with Crippen LogP contribution in [0.3, 0.4) is 0 Å². The second-order valence-corrected chi connectivity index (χ2v) is 5.71. The summed E-state index contributed by atoms with van der Waals surface area (Å²) < 4.78 is 7.38. The number of H-pyrrole nitrogens is 1. The molecule has 0 aliphatic carbocycles. The Kier molecular flexibility index (Phi) is 2.87. The third-order valence-electron chi connectivity index (χ3n) is 3.88. The molecule has 0 fully saturated rings. The molecule has 1 unspecified atom stereocenters. The lowest BCUT2D eigenvalue weighted by Gasteiger charge is -2.22. The average molecular weight is 313 g/mol. The van der Waals surface area contributed by atoms with E-state index in [0.29, 0.717) is 10.6 Å². The molecule has 3 aromatic rings. The number of nitrogens with one attached hydrogen (secondary N) is 1. The van der Waals surface area contributed by atoms with Crippen LogP contribution in [0.15, 0.2) is 53.3 Å². The predicted molar refractivity (Wildman–Crippen MR) is 85.9 cm³/mol. The van der Waals surface area contributed by atoms with Gasteiger partial charge in [0.25, 0.3) is 5.56 Å². The lowest BCUT2D eigenvalue weighted by Crippen LogP contribution is -2.21. The van der Waals surface area contributed by atoms with Gasteiger partial charge in [0.05, 0.1) is 16.9 Å². The van der Waals surface area contributed by atoms with Gasteiger partial charge >= 0.3 is 0 Å². The van der Waals surface area contributed by atoms with Gasteiger partial charge in [-0.05, 0) is 43.3 Å². The van der Waals surface area contributed by atoms with Crippen molar-refractivity contribution in [3.8, 4) is 22.7 Å². The largest absolute Gasteiger partial charge is 0.485 e.